The second-order valence-electron chi connectivity index (χ2n) is 4.95. The number of carbonyl (C=O) groups is 1. The molecule has 1 aliphatic heterocycles. The molecule has 0 radical (unpaired) electrons. The largest absolute Gasteiger partial charge is 0.300 e. The van der Waals surface area contributed by atoms with Crippen LogP contribution in [0.1, 0.15) is 5.69 Å². The first-order valence-corrected chi connectivity index (χ1v) is 8.02. The van der Waals surface area contributed by atoms with Crippen molar-refractivity contribution in [3.05, 3.63) is 65.5 Å². The average molecular weight is 333 g/mol. The van der Waals surface area contributed by atoms with Crippen LogP contribution >= 0.6 is 11.8 Å². The minimum atomic E-state index is -0.204. The molecule has 6 nitrogen and oxygen atoms in total. The van der Waals surface area contributed by atoms with Gasteiger partial charge < -0.3 is 5.32 Å². The van der Waals surface area contributed by atoms with E-state index in [0.717, 1.165) is 11.0 Å². The molecule has 4 rings (SSSR count). The third-order valence-electron chi connectivity index (χ3n) is 3.26. The second kappa shape index (κ2) is 6.21. The maximum Gasteiger partial charge on any atom is 0.264 e. The van der Waals surface area contributed by atoms with Crippen molar-refractivity contribution in [1.29, 1.82) is 0 Å². The van der Waals surface area contributed by atoms with Gasteiger partial charge in [-0.2, -0.15) is 0 Å². The zero-order chi connectivity index (χ0) is 16.4. The first kappa shape index (κ1) is 14.5. The molecule has 116 valence electrons. The Kier molecular flexibility index (Phi) is 3.76. The molecule has 1 N–H and O–H groups in total. The summed E-state index contributed by atoms with van der Waals surface area (Å²) < 4.78 is 0. The number of pyridine rings is 1. The Morgan fingerprint density at radius 3 is 2.71 bits per heavy atom. The third-order valence-corrected chi connectivity index (χ3v) is 4.17. The number of carbonyl (C=O) groups excluding carboxylic acids is 1. The zero-order valence-corrected chi connectivity index (χ0v) is 13.2. The lowest BCUT2D eigenvalue weighted by Gasteiger charge is -1.98. The number of hydrogen-bond acceptors (Lipinski definition) is 6. The van der Waals surface area contributed by atoms with Gasteiger partial charge in [0.2, 0.25) is 0 Å². The summed E-state index contributed by atoms with van der Waals surface area (Å²) in [5.74, 6) is 0.344. The summed E-state index contributed by atoms with van der Waals surface area (Å²) in [7, 11) is 0. The molecule has 1 aliphatic rings. The van der Waals surface area contributed by atoms with Crippen molar-refractivity contribution in [2.24, 2.45) is 4.99 Å². The highest BCUT2D eigenvalue weighted by atomic mass is 32.2. The van der Waals surface area contributed by atoms with Gasteiger partial charge in [0.15, 0.2) is 11.0 Å². The molecule has 0 bridgehead atoms. The Hall–Kier alpha value is -3.06. The number of aromatic nitrogens is 3. The molecule has 0 atom stereocenters. The molecule has 24 heavy (non-hydrogen) atoms. The molecule has 1 saturated heterocycles. The molecule has 1 fully saturated rings. The Balaban J connectivity index is 1.62. The summed E-state index contributed by atoms with van der Waals surface area (Å²) in [6, 6.07) is 13.0. The quantitative estimate of drug-likeness (QED) is 0.729. The van der Waals surface area contributed by atoms with Crippen LogP contribution in [-0.4, -0.2) is 26.0 Å². The third kappa shape index (κ3) is 3.02. The zero-order valence-electron chi connectivity index (χ0n) is 12.4. The summed E-state index contributed by atoms with van der Waals surface area (Å²) in [6.07, 6.45) is 5.01. The van der Waals surface area contributed by atoms with Gasteiger partial charge in [0, 0.05) is 6.20 Å². The molecule has 2 aromatic heterocycles. The van der Waals surface area contributed by atoms with Gasteiger partial charge in [-0.3, -0.25) is 9.78 Å². The summed E-state index contributed by atoms with van der Waals surface area (Å²) in [6.45, 7) is 0. The molecule has 0 aliphatic carbocycles. The van der Waals surface area contributed by atoms with Gasteiger partial charge in [-0.15, -0.1) is 0 Å². The van der Waals surface area contributed by atoms with Gasteiger partial charge in [0.05, 0.1) is 27.8 Å². The fourth-order valence-corrected chi connectivity index (χ4v) is 2.99. The SMILES string of the molecule is O=C1NC(=Nc2ccccn2)S/C1=C/c1cnc2ccccc2n1. The van der Waals surface area contributed by atoms with Crippen molar-refractivity contribution >= 4 is 45.8 Å². The number of aliphatic imine (C=N–C) groups is 1. The minimum Gasteiger partial charge on any atom is -0.300 e. The molecule has 7 heteroatoms. The maximum absolute atomic E-state index is 12.1. The van der Waals surface area contributed by atoms with Gasteiger partial charge in [-0.05, 0) is 42.1 Å². The number of hydrogen-bond donors (Lipinski definition) is 1. The van der Waals surface area contributed by atoms with E-state index in [0.29, 0.717) is 21.6 Å². The van der Waals surface area contributed by atoms with Crippen LogP contribution < -0.4 is 5.32 Å². The summed E-state index contributed by atoms with van der Waals surface area (Å²) >= 11 is 1.26. The van der Waals surface area contributed by atoms with E-state index < -0.39 is 0 Å². The fourth-order valence-electron chi connectivity index (χ4n) is 2.18. The van der Waals surface area contributed by atoms with E-state index in [-0.39, 0.29) is 5.91 Å². The summed E-state index contributed by atoms with van der Waals surface area (Å²) in [4.78, 5) is 29.9. The van der Waals surface area contributed by atoms with E-state index in [9.17, 15) is 4.79 Å². The van der Waals surface area contributed by atoms with Gasteiger partial charge >= 0.3 is 0 Å². The molecule has 3 heterocycles. The van der Waals surface area contributed by atoms with Crippen LogP contribution in [0.3, 0.4) is 0 Å². The van der Waals surface area contributed by atoms with E-state index in [4.69, 9.17) is 0 Å². The number of thioether (sulfide) groups is 1. The topological polar surface area (TPSA) is 80.1 Å². The van der Waals surface area contributed by atoms with Crippen molar-refractivity contribution in [1.82, 2.24) is 20.3 Å². The number of amidine groups is 1. The van der Waals surface area contributed by atoms with Crippen LogP contribution in [0.15, 0.2) is 64.8 Å². The van der Waals surface area contributed by atoms with Gasteiger partial charge in [0.25, 0.3) is 5.91 Å². The van der Waals surface area contributed by atoms with Crippen LogP contribution in [0.4, 0.5) is 5.82 Å². The van der Waals surface area contributed by atoms with Crippen molar-refractivity contribution < 1.29 is 4.79 Å². The predicted octanol–water partition coefficient (Wildman–Crippen LogP) is 2.92. The fraction of sp³-hybridized carbons (Fsp3) is 0. The van der Waals surface area contributed by atoms with Crippen LogP contribution in [0.25, 0.3) is 17.1 Å². The Labute approximate surface area is 141 Å². The highest BCUT2D eigenvalue weighted by molar-refractivity contribution is 8.18. The summed E-state index contributed by atoms with van der Waals surface area (Å²) in [5, 5.41) is 3.23. The lowest BCUT2D eigenvalue weighted by Crippen LogP contribution is -2.19. The Morgan fingerprint density at radius 2 is 1.88 bits per heavy atom. The summed E-state index contributed by atoms with van der Waals surface area (Å²) in [5.41, 5.74) is 2.24. The highest BCUT2D eigenvalue weighted by Crippen LogP contribution is 2.27. The predicted molar refractivity (Wildman–Crippen MR) is 94.6 cm³/mol. The standard InChI is InChI=1S/C17H11N5OS/c23-16-14(24-17(22-16)21-15-7-3-4-8-18-15)9-11-10-19-12-5-1-2-6-13(12)20-11/h1-10H,(H,18,21,22,23)/b14-9+. The van der Waals surface area contributed by atoms with Crippen molar-refractivity contribution in [3.8, 4) is 0 Å². The number of benzene rings is 1. The lowest BCUT2D eigenvalue weighted by atomic mass is 10.3. The number of nitrogens with zero attached hydrogens (tertiary/aromatic N) is 4. The lowest BCUT2D eigenvalue weighted by molar-refractivity contribution is -0.115. The normalized spacial score (nSPS) is 17.6. The van der Waals surface area contributed by atoms with Crippen molar-refractivity contribution in [3.63, 3.8) is 0 Å². The first-order valence-electron chi connectivity index (χ1n) is 7.20. The van der Waals surface area contributed by atoms with Crippen LogP contribution in [0, 0.1) is 0 Å². The second-order valence-corrected chi connectivity index (χ2v) is 5.98. The van der Waals surface area contributed by atoms with Gasteiger partial charge in [-0.1, -0.05) is 18.2 Å². The highest BCUT2D eigenvalue weighted by Gasteiger charge is 2.24. The molecule has 3 aromatic rings. The monoisotopic (exact) mass is 333 g/mol. The Bertz CT molecular complexity index is 984. The van der Waals surface area contributed by atoms with Gasteiger partial charge in [-0.25, -0.2) is 15.0 Å². The van der Waals surface area contributed by atoms with Gasteiger partial charge in [0.1, 0.15) is 0 Å². The Morgan fingerprint density at radius 1 is 1.04 bits per heavy atom. The maximum atomic E-state index is 12.1. The van der Waals surface area contributed by atoms with Crippen LogP contribution in [0.5, 0.6) is 0 Å². The van der Waals surface area contributed by atoms with Crippen molar-refractivity contribution in [2.45, 2.75) is 0 Å². The molecule has 0 saturated carbocycles. The number of nitrogens with one attached hydrogen (secondary N) is 1. The molecule has 1 amide bonds. The number of para-hydroxylation sites is 2. The first-order chi connectivity index (χ1) is 11.8. The molecular formula is C17H11N5OS. The van der Waals surface area contributed by atoms with E-state index in [1.54, 1.807) is 24.5 Å². The number of amides is 1. The number of fused-ring (bicyclic) bond motifs is 1. The molecular weight excluding hydrogens is 322 g/mol. The van der Waals surface area contributed by atoms with Crippen LogP contribution in [-0.2, 0) is 4.79 Å². The van der Waals surface area contributed by atoms with E-state index >= 15 is 0 Å². The van der Waals surface area contributed by atoms with Crippen LogP contribution in [0.2, 0.25) is 0 Å². The average Bonchev–Trinajstić information content (AvgIpc) is 2.95. The molecule has 1 aromatic carbocycles. The smallest absolute Gasteiger partial charge is 0.264 e. The molecule has 0 unspecified atom stereocenters. The van der Waals surface area contributed by atoms with E-state index in [1.165, 1.54) is 11.8 Å². The number of rotatable bonds is 2. The molecule has 0 spiro atoms. The van der Waals surface area contributed by atoms with Crippen molar-refractivity contribution in [2.75, 3.05) is 0 Å². The van der Waals surface area contributed by atoms with E-state index in [1.807, 2.05) is 36.4 Å². The van der Waals surface area contributed by atoms with E-state index in [2.05, 4.69) is 25.3 Å². The minimum absolute atomic E-state index is 0.204.